The summed E-state index contributed by atoms with van der Waals surface area (Å²) in [5.41, 5.74) is -2.01. The number of carbonyl (C=O) groups excluding carboxylic acids is 11. The molecule has 16 aliphatic rings. The molecule has 20 nitrogen and oxygen atoms in total. The van der Waals surface area contributed by atoms with Crippen molar-refractivity contribution < 1.29 is 112 Å². The molecule has 585 valence electrons. The summed E-state index contributed by atoms with van der Waals surface area (Å²) >= 11 is -2.80. The van der Waals surface area contributed by atoms with E-state index in [1.807, 2.05) is 13.8 Å². The van der Waals surface area contributed by atoms with Gasteiger partial charge in [0.05, 0.1) is 12.2 Å². The molecule has 0 bridgehead atoms. The zero-order valence-corrected chi connectivity index (χ0v) is 72.6. The summed E-state index contributed by atoms with van der Waals surface area (Å²) in [6, 6.07) is 0. The molecule has 0 aromatic rings. The van der Waals surface area contributed by atoms with Gasteiger partial charge in [-0.2, -0.15) is 0 Å². The minimum Gasteiger partial charge on any atom is -0.256 e. The van der Waals surface area contributed by atoms with E-state index >= 15 is 0 Å². The molecule has 0 spiro atoms. The summed E-state index contributed by atoms with van der Waals surface area (Å²) < 4.78 is 37.2. The molecular formula is C83H121BINa2O20. The number of fused-ring (bicyclic) bond motifs is 20. The van der Waals surface area contributed by atoms with E-state index in [1.165, 1.54) is 95.1 Å². The van der Waals surface area contributed by atoms with Gasteiger partial charge in [0.25, 0.3) is 0 Å². The summed E-state index contributed by atoms with van der Waals surface area (Å²) in [4.78, 5) is 132. The molecule has 0 heterocycles. The molecule has 3 radical (unpaired) electrons. The molecule has 5 N–H and O–H groups in total. The van der Waals surface area contributed by atoms with Crippen LogP contribution < -0.4 is 30.4 Å². The molecule has 0 aromatic carbocycles. The van der Waals surface area contributed by atoms with E-state index in [9.17, 15) is 73.2 Å². The molecule has 15 fully saturated rings. The first-order valence-corrected chi connectivity index (χ1v) is 52.5. The number of allylic oxidation sites excluding steroid dienone is 1. The normalized spacial score (nSPS) is 46.4. The van der Waals surface area contributed by atoms with Crippen LogP contribution in [0.5, 0.6) is 0 Å². The van der Waals surface area contributed by atoms with Gasteiger partial charge in [-0.3, -0.25) is 63.0 Å². The van der Waals surface area contributed by atoms with Crippen molar-refractivity contribution in [3.63, 3.8) is 0 Å². The average Bonchev–Trinajstić information content (AvgIpc) is 1.66. The molecule has 107 heavy (non-hydrogen) atoms. The van der Waals surface area contributed by atoms with Crippen molar-refractivity contribution in [2.24, 2.45) is 138 Å². The number of hydrogen-bond acceptors (Lipinski definition) is 20. The zero-order valence-electron chi connectivity index (χ0n) is 66.4. The second kappa shape index (κ2) is 33.5. The van der Waals surface area contributed by atoms with Gasteiger partial charge in [-0.25, -0.2) is 0 Å². The first-order valence-electron chi connectivity index (χ1n) is 40.9. The van der Waals surface area contributed by atoms with Crippen LogP contribution in [0.2, 0.25) is 0 Å². The van der Waals surface area contributed by atoms with Crippen molar-refractivity contribution in [2.75, 3.05) is 6.61 Å². The number of hydrogen-bond donors (Lipinski definition) is 5. The third-order valence-electron chi connectivity index (χ3n) is 33.2. The number of Topliss-reactive ketones (excluding diaryl/α,β-unsaturated/α-hetero) is 8. The van der Waals surface area contributed by atoms with Gasteiger partial charge in [0.15, 0.2) is 11.6 Å². The number of halogens is 1. The molecule has 24 heteroatoms. The predicted octanol–water partition coefficient (Wildman–Crippen LogP) is 4.51. The largest absolute Gasteiger partial charge is 0.368 e. The number of rotatable bonds is 2. The van der Waals surface area contributed by atoms with Crippen molar-refractivity contribution in [2.45, 2.75) is 293 Å². The third kappa shape index (κ3) is 16.4. The molecule has 0 saturated heterocycles. The van der Waals surface area contributed by atoms with Gasteiger partial charge in [-0.05, 0) is 240 Å². The van der Waals surface area contributed by atoms with Crippen LogP contribution in [0.1, 0.15) is 275 Å². The van der Waals surface area contributed by atoms with Gasteiger partial charge in [0.2, 0.25) is 0 Å². The first kappa shape index (κ1) is 89.3. The standard InChI is InChI=1S/C21H30O5.C20H30O2.C19H28O3.C19H26O3.C4H6O3.B.HIO4.2Na/c1-19-7-5-13(23)9-12(19)3-4-14-15-6-8-21(26,17(25)11-22)20(15,2)10-16(24)18(14)19;1-12-8-9-19(2)13(10-12)4-5-14-15-6-7-17(22)20(15,3)11-16(21)18(14)19;2*1-18-8-7-12(20)9-11(18)3-4-13-14-5-6-16(22)19(14,2)10-15(21)17(13)18;1-3(5)7-4(2)6;;2-1(3,4)5;;/h9,14-16,18,22,24,26H,3-8,10-11H2,1-2H3;12-15,18H,4-11H2,1-3H3;11-14,17,20H,3-10H2,1-2H3;11,13-14,17H,3-10H2,1-2H3;1-2H3;;2H;;/t14?,15?,16-,18?,19-,20-,21-;12-,13+,14?,15?,18?,19-,20-;11?,12-,13?,14?,17?,18-,19-;11?,13?,14?,17?,18-,19-;;;;;/m0000...../s1. The Morgan fingerprint density at radius 3 is 1.39 bits per heavy atom. The molecular weight excluding hydrogens is 1500 g/mol. The Morgan fingerprint density at radius 2 is 0.953 bits per heavy atom. The molecule has 14 unspecified atom stereocenters. The molecule has 0 aliphatic heterocycles. The minimum absolute atomic E-state index is 0. The van der Waals surface area contributed by atoms with E-state index in [2.05, 4.69) is 53.2 Å². The van der Waals surface area contributed by atoms with E-state index in [4.69, 9.17) is 13.7 Å². The van der Waals surface area contributed by atoms with Crippen molar-refractivity contribution in [3.05, 3.63) is 11.6 Å². The molecule has 27 atom stereocenters. The number of carbonyl (C=O) groups is 11. The van der Waals surface area contributed by atoms with Crippen molar-refractivity contribution in [1.29, 1.82) is 0 Å². The van der Waals surface area contributed by atoms with Crippen molar-refractivity contribution in [3.8, 4) is 0 Å². The van der Waals surface area contributed by atoms with E-state index in [-0.39, 0.29) is 93.7 Å². The zero-order chi connectivity index (χ0) is 78.4. The summed E-state index contributed by atoms with van der Waals surface area (Å²) in [6.45, 7) is 21.4. The number of esters is 2. The van der Waals surface area contributed by atoms with Crippen LogP contribution in [-0.2, 0) is 57.5 Å². The summed E-state index contributed by atoms with van der Waals surface area (Å²) in [5.74, 6) is 7.04. The maximum atomic E-state index is 13.1. The maximum Gasteiger partial charge on any atom is 0.368 e. The Bertz CT molecular complexity index is 3370. The first-order chi connectivity index (χ1) is 49.4. The van der Waals surface area contributed by atoms with Crippen LogP contribution in [0, 0.1) is 138 Å². The predicted molar refractivity (Wildman–Crippen MR) is 389 cm³/mol. The maximum absolute atomic E-state index is 13.1. The van der Waals surface area contributed by atoms with Crippen molar-refractivity contribution in [1.82, 2.24) is 0 Å². The Kier molecular flexibility index (Phi) is 28.0. The van der Waals surface area contributed by atoms with Crippen LogP contribution in [-0.4, -0.2) is 164 Å². The molecule has 0 amide bonds. The van der Waals surface area contributed by atoms with Gasteiger partial charge < -0.3 is 25.2 Å². The van der Waals surface area contributed by atoms with Gasteiger partial charge in [-0.15, -0.1) is 0 Å². The van der Waals surface area contributed by atoms with E-state index < -0.39 is 61.5 Å². The number of aliphatic hydroxyl groups is 4. The van der Waals surface area contributed by atoms with E-state index in [0.29, 0.717) is 152 Å². The third-order valence-corrected chi connectivity index (χ3v) is 33.2. The van der Waals surface area contributed by atoms with E-state index in [1.54, 1.807) is 6.08 Å². The fourth-order valence-electron chi connectivity index (χ4n) is 28.0. The minimum atomic E-state index is -5.69. The summed E-state index contributed by atoms with van der Waals surface area (Å²) in [6.07, 6.45) is 27.6. The quantitative estimate of drug-likeness (QED) is 0.110. The van der Waals surface area contributed by atoms with Crippen LogP contribution in [0.25, 0.3) is 0 Å². The Morgan fingerprint density at radius 1 is 0.523 bits per heavy atom. The molecule has 0 aromatic heterocycles. The fourth-order valence-corrected chi connectivity index (χ4v) is 28.0. The van der Waals surface area contributed by atoms with Crippen LogP contribution in [0.4, 0.5) is 0 Å². The smallest absolute Gasteiger partial charge is 0.256 e. The topological polar surface area (TPSA) is 367 Å². The van der Waals surface area contributed by atoms with E-state index in [0.717, 1.165) is 115 Å². The SMILES string of the molecule is CC(=O)OC(C)=O.C[C@H]1CC[C@]2(C)C3C(=O)C[C@]4(C)C(=O)CCC4C3CC[C@@H]2C1.C[C@]12CCC(=O)C=C1CCC1C2[C@@H](O)C[C@@]2(C)C1CC[C@]2(O)C(=O)CO.C[C@]12CCC(=O)CC1CCC1C2C(=O)C[C@]2(C)C(=O)CCC12.C[C@]12CC[C@H](O)CC1CCC1C2C(=O)C[C@]2(C)C(=O)CCC12.[B].[Na][Na].[O-][I+3]([O-])([O-])O. The fraction of sp³-hybridized carbons (Fsp3) is 0.843. The summed E-state index contributed by atoms with van der Waals surface area (Å²) in [5, 5.41) is 41.7. The van der Waals surface area contributed by atoms with Gasteiger partial charge in [0.1, 0.15) is 52.7 Å². The molecule has 16 rings (SSSR count). The second-order valence-corrected chi connectivity index (χ2v) is 40.5. The van der Waals surface area contributed by atoms with Gasteiger partial charge in [0, 0.05) is 123 Å². The molecule has 16 aliphatic carbocycles. The van der Waals surface area contributed by atoms with Gasteiger partial charge >= 0.3 is 75.6 Å². The van der Waals surface area contributed by atoms with Crippen molar-refractivity contribution >= 4 is 116 Å². The monoisotopic (exact) mass is 1620 g/mol. The summed E-state index contributed by atoms with van der Waals surface area (Å²) in [7, 11) is 0. The Labute approximate surface area is 671 Å². The number of aliphatic hydroxyl groups excluding tert-OH is 3. The van der Waals surface area contributed by atoms with Gasteiger partial charge in [-0.1, -0.05) is 74.3 Å². The van der Waals surface area contributed by atoms with Crippen LogP contribution >= 0.6 is 0 Å². The number of ketones is 9. The average molecular weight is 1620 g/mol. The van der Waals surface area contributed by atoms with Crippen LogP contribution in [0.15, 0.2) is 11.6 Å². The second-order valence-electron chi connectivity index (χ2n) is 38.2. The Hall–Kier alpha value is -1.62. The molecule has 15 saturated carbocycles. The van der Waals surface area contributed by atoms with Crippen LogP contribution in [0.3, 0.4) is 0 Å². The number of ether oxygens (including phenoxy) is 1. The Balaban J connectivity index is 0.000000155.